The molecule has 1 N–H and O–H groups in total. The predicted molar refractivity (Wildman–Crippen MR) is 85.3 cm³/mol. The van der Waals surface area contributed by atoms with Gasteiger partial charge in [-0.3, -0.25) is 0 Å². The third-order valence-electron chi connectivity index (χ3n) is 3.92. The molecular formula is C16H22Cl2NO2+. The van der Waals surface area contributed by atoms with Crippen LogP contribution in [0.5, 0.6) is 0 Å². The van der Waals surface area contributed by atoms with Crippen LogP contribution in [-0.4, -0.2) is 32.7 Å². The summed E-state index contributed by atoms with van der Waals surface area (Å²) in [7, 11) is 4.26. The number of hydrogen-bond donors (Lipinski definition) is 1. The Kier molecular flexibility index (Phi) is 5.91. The van der Waals surface area contributed by atoms with Gasteiger partial charge in [0, 0.05) is 5.92 Å². The van der Waals surface area contributed by atoms with Gasteiger partial charge in [-0.15, -0.1) is 0 Å². The molecule has 0 spiro atoms. The predicted octanol–water partition coefficient (Wildman–Crippen LogP) is 2.85. The van der Waals surface area contributed by atoms with Gasteiger partial charge in [0.2, 0.25) is 0 Å². The molecule has 5 heteroatoms. The fraction of sp³-hybridized carbons (Fsp3) is 0.562. The molecule has 0 radical (unpaired) electrons. The molecule has 1 fully saturated rings. The van der Waals surface area contributed by atoms with Gasteiger partial charge >= 0.3 is 5.97 Å². The summed E-state index contributed by atoms with van der Waals surface area (Å²) in [4.78, 5) is 13.7. The van der Waals surface area contributed by atoms with Crippen LogP contribution >= 0.6 is 23.2 Å². The Morgan fingerprint density at radius 3 is 2.62 bits per heavy atom. The molecule has 0 aliphatic heterocycles. The molecule has 0 amide bonds. The molecule has 2 atom stereocenters. The van der Waals surface area contributed by atoms with Crippen LogP contribution in [0.1, 0.15) is 36.0 Å². The summed E-state index contributed by atoms with van der Waals surface area (Å²) in [5.74, 6) is 0.134. The second-order valence-electron chi connectivity index (χ2n) is 6.03. The first kappa shape index (κ1) is 16.6. The van der Waals surface area contributed by atoms with Crippen molar-refractivity contribution in [3.05, 3.63) is 33.8 Å². The Labute approximate surface area is 136 Å². The highest BCUT2D eigenvalue weighted by Gasteiger charge is 2.30. The lowest BCUT2D eigenvalue weighted by Crippen LogP contribution is -3.06. The second kappa shape index (κ2) is 7.48. The summed E-state index contributed by atoms with van der Waals surface area (Å²) in [6.07, 6.45) is 4.43. The molecule has 1 aromatic carbocycles. The van der Waals surface area contributed by atoms with Crippen molar-refractivity contribution >= 4 is 29.2 Å². The van der Waals surface area contributed by atoms with Gasteiger partial charge in [0.1, 0.15) is 6.10 Å². The van der Waals surface area contributed by atoms with Gasteiger partial charge in [-0.25, -0.2) is 4.79 Å². The molecule has 1 saturated carbocycles. The first-order valence-electron chi connectivity index (χ1n) is 7.42. The minimum absolute atomic E-state index is 0.00982. The number of ether oxygens (including phenoxy) is 1. The number of carbonyl (C=O) groups is 1. The van der Waals surface area contributed by atoms with E-state index in [0.717, 1.165) is 25.8 Å². The summed E-state index contributed by atoms with van der Waals surface area (Å²) in [5.41, 5.74) is 0.464. The second-order valence-corrected chi connectivity index (χ2v) is 6.84. The molecule has 0 saturated heterocycles. The van der Waals surface area contributed by atoms with Crippen LogP contribution < -0.4 is 4.90 Å². The molecular weight excluding hydrogens is 309 g/mol. The van der Waals surface area contributed by atoms with Gasteiger partial charge in [-0.2, -0.15) is 0 Å². The molecule has 21 heavy (non-hydrogen) atoms. The van der Waals surface area contributed by atoms with Gasteiger partial charge in [-0.05, 0) is 37.5 Å². The van der Waals surface area contributed by atoms with Crippen LogP contribution in [0.25, 0.3) is 0 Å². The molecule has 116 valence electrons. The number of carbonyl (C=O) groups excluding carboxylic acids is 1. The van der Waals surface area contributed by atoms with Crippen LogP contribution in [0.2, 0.25) is 10.0 Å². The van der Waals surface area contributed by atoms with Crippen molar-refractivity contribution in [3.63, 3.8) is 0 Å². The SMILES string of the molecule is C[NH+](C)C[C@@H]1CCCC[C@H]1OC(=O)c1ccc(Cl)c(Cl)c1. The Morgan fingerprint density at radius 2 is 1.95 bits per heavy atom. The summed E-state index contributed by atoms with van der Waals surface area (Å²) >= 11 is 11.8. The van der Waals surface area contributed by atoms with Crippen LogP contribution in [0.4, 0.5) is 0 Å². The Bertz CT molecular complexity index is 505. The minimum atomic E-state index is -0.306. The van der Waals surface area contributed by atoms with Crippen LogP contribution in [0.3, 0.4) is 0 Å². The number of halogens is 2. The monoisotopic (exact) mass is 330 g/mol. The maximum Gasteiger partial charge on any atom is 0.338 e. The van der Waals surface area contributed by atoms with E-state index in [1.165, 1.54) is 11.3 Å². The zero-order chi connectivity index (χ0) is 15.4. The van der Waals surface area contributed by atoms with E-state index in [-0.39, 0.29) is 12.1 Å². The van der Waals surface area contributed by atoms with Crippen molar-refractivity contribution in [2.75, 3.05) is 20.6 Å². The molecule has 0 aromatic heterocycles. The molecule has 1 aromatic rings. The normalized spacial score (nSPS) is 22.3. The van der Waals surface area contributed by atoms with E-state index in [9.17, 15) is 4.79 Å². The zero-order valence-electron chi connectivity index (χ0n) is 12.5. The van der Waals surface area contributed by atoms with Gasteiger partial charge in [0.05, 0.1) is 36.2 Å². The molecule has 0 heterocycles. The summed E-state index contributed by atoms with van der Waals surface area (Å²) in [5, 5.41) is 0.823. The van der Waals surface area contributed by atoms with E-state index in [1.54, 1.807) is 18.2 Å². The molecule has 0 bridgehead atoms. The van der Waals surface area contributed by atoms with Crippen molar-refractivity contribution in [1.82, 2.24) is 0 Å². The van der Waals surface area contributed by atoms with Crippen molar-refractivity contribution in [3.8, 4) is 0 Å². The Morgan fingerprint density at radius 1 is 1.24 bits per heavy atom. The zero-order valence-corrected chi connectivity index (χ0v) is 14.0. The van der Waals surface area contributed by atoms with Gasteiger partial charge < -0.3 is 9.64 Å². The lowest BCUT2D eigenvalue weighted by atomic mass is 9.86. The fourth-order valence-corrected chi connectivity index (χ4v) is 3.21. The Balaban J connectivity index is 2.04. The standard InChI is InChI=1S/C16H21Cl2NO2/c1-19(2)10-12-5-3-4-6-15(12)21-16(20)11-7-8-13(17)14(18)9-11/h7-9,12,15H,3-6,10H2,1-2H3/p+1/t12-,15+/m0/s1. The van der Waals surface area contributed by atoms with E-state index in [2.05, 4.69) is 14.1 Å². The molecule has 3 nitrogen and oxygen atoms in total. The lowest BCUT2D eigenvalue weighted by molar-refractivity contribution is -0.862. The molecule has 1 aliphatic carbocycles. The average molecular weight is 331 g/mol. The number of hydrogen-bond acceptors (Lipinski definition) is 2. The fourth-order valence-electron chi connectivity index (χ4n) is 2.92. The van der Waals surface area contributed by atoms with Crippen LogP contribution in [-0.2, 0) is 4.74 Å². The van der Waals surface area contributed by atoms with Crippen molar-refractivity contribution in [2.45, 2.75) is 31.8 Å². The van der Waals surface area contributed by atoms with Gasteiger partial charge in [0.25, 0.3) is 0 Å². The number of nitrogens with one attached hydrogen (secondary N) is 1. The maximum absolute atomic E-state index is 12.3. The maximum atomic E-state index is 12.3. The van der Waals surface area contributed by atoms with E-state index >= 15 is 0 Å². The van der Waals surface area contributed by atoms with Gasteiger partial charge in [0.15, 0.2) is 0 Å². The summed E-state index contributed by atoms with van der Waals surface area (Å²) in [6.45, 7) is 1.03. The largest absolute Gasteiger partial charge is 0.458 e. The summed E-state index contributed by atoms with van der Waals surface area (Å²) in [6, 6.07) is 4.86. The highest BCUT2D eigenvalue weighted by molar-refractivity contribution is 6.42. The number of esters is 1. The lowest BCUT2D eigenvalue weighted by Gasteiger charge is -2.31. The third kappa shape index (κ3) is 4.60. The molecule has 1 aliphatic rings. The topological polar surface area (TPSA) is 30.7 Å². The van der Waals surface area contributed by atoms with Crippen LogP contribution in [0.15, 0.2) is 18.2 Å². The number of quaternary nitrogens is 1. The average Bonchev–Trinajstić information content (AvgIpc) is 2.43. The first-order chi connectivity index (χ1) is 9.97. The van der Waals surface area contributed by atoms with Crippen molar-refractivity contribution in [1.29, 1.82) is 0 Å². The van der Waals surface area contributed by atoms with E-state index < -0.39 is 0 Å². The summed E-state index contributed by atoms with van der Waals surface area (Å²) < 4.78 is 5.73. The minimum Gasteiger partial charge on any atom is -0.458 e. The number of benzene rings is 1. The van der Waals surface area contributed by atoms with E-state index in [0.29, 0.717) is 21.5 Å². The van der Waals surface area contributed by atoms with E-state index in [4.69, 9.17) is 27.9 Å². The smallest absolute Gasteiger partial charge is 0.338 e. The van der Waals surface area contributed by atoms with Gasteiger partial charge in [-0.1, -0.05) is 29.6 Å². The van der Waals surface area contributed by atoms with Crippen LogP contribution in [0, 0.1) is 5.92 Å². The quantitative estimate of drug-likeness (QED) is 0.860. The highest BCUT2D eigenvalue weighted by Crippen LogP contribution is 2.28. The Hall–Kier alpha value is -0.770. The molecule has 2 rings (SSSR count). The van der Waals surface area contributed by atoms with Crippen molar-refractivity contribution in [2.24, 2.45) is 5.92 Å². The number of rotatable bonds is 4. The third-order valence-corrected chi connectivity index (χ3v) is 4.66. The van der Waals surface area contributed by atoms with Crippen molar-refractivity contribution < 1.29 is 14.4 Å². The first-order valence-corrected chi connectivity index (χ1v) is 8.18. The highest BCUT2D eigenvalue weighted by atomic mass is 35.5. The van der Waals surface area contributed by atoms with E-state index in [1.807, 2.05) is 0 Å². The molecule has 0 unspecified atom stereocenters.